The molecule has 1 aromatic carbocycles. The minimum absolute atomic E-state index is 0.310. The molecule has 0 saturated heterocycles. The summed E-state index contributed by atoms with van der Waals surface area (Å²) in [6, 6.07) is 4.92. The zero-order chi connectivity index (χ0) is 12.8. The number of benzene rings is 1. The first-order chi connectivity index (χ1) is 7.34. The van der Waals surface area contributed by atoms with Crippen molar-refractivity contribution in [1.82, 2.24) is 0 Å². The Hall–Kier alpha value is -1.10. The number of rotatable bonds is 1. The van der Waals surface area contributed by atoms with Crippen LogP contribution in [0.15, 0.2) is 24.3 Å². The zero-order valence-corrected chi connectivity index (χ0v) is 9.18. The summed E-state index contributed by atoms with van der Waals surface area (Å²) < 4.78 is 49.3. The Kier molecular flexibility index (Phi) is 6.03. The monoisotopic (exact) mass is 237 g/mol. The van der Waals surface area contributed by atoms with Gasteiger partial charge in [0.25, 0.3) is 0 Å². The molecule has 0 fully saturated rings. The summed E-state index contributed by atoms with van der Waals surface area (Å²) in [7, 11) is 0. The fourth-order valence-electron chi connectivity index (χ4n) is 1.00. The molecule has 5 heteroatoms. The van der Waals surface area contributed by atoms with Gasteiger partial charge in [-0.15, -0.1) is 0 Å². The van der Waals surface area contributed by atoms with Crippen LogP contribution in [0.2, 0.25) is 0 Å². The Balaban J connectivity index is 0.000000673. The van der Waals surface area contributed by atoms with Crippen molar-refractivity contribution in [3.8, 4) is 0 Å². The van der Waals surface area contributed by atoms with E-state index >= 15 is 0 Å². The molecule has 0 amide bonds. The van der Waals surface area contributed by atoms with Crippen LogP contribution >= 0.6 is 0 Å². The molecule has 1 aromatic rings. The van der Waals surface area contributed by atoms with Gasteiger partial charge in [0.2, 0.25) is 0 Å². The Morgan fingerprint density at radius 1 is 1.25 bits per heavy atom. The normalized spacial score (nSPS) is 12.7. The van der Waals surface area contributed by atoms with Crippen LogP contribution in [0.4, 0.5) is 17.6 Å². The van der Waals surface area contributed by atoms with Gasteiger partial charge in [-0.2, -0.15) is 13.2 Å². The molecule has 0 aliphatic heterocycles. The number of alkyl halides is 3. The largest absolute Gasteiger partial charge is 0.395 e. The molecule has 16 heavy (non-hydrogen) atoms. The number of nitrogens with two attached hydrogens (primary N) is 1. The Bertz CT molecular complexity index is 309. The van der Waals surface area contributed by atoms with E-state index in [2.05, 4.69) is 0 Å². The van der Waals surface area contributed by atoms with Crippen molar-refractivity contribution in [1.29, 1.82) is 0 Å². The molecule has 1 nitrogen and oxygen atoms in total. The van der Waals surface area contributed by atoms with Crippen LogP contribution in [0, 0.1) is 5.82 Å². The fourth-order valence-corrected chi connectivity index (χ4v) is 1.00. The Labute approximate surface area is 92.3 Å². The molecule has 0 aliphatic carbocycles. The lowest BCUT2D eigenvalue weighted by Crippen LogP contribution is -2.18. The molecule has 0 heterocycles. The van der Waals surface area contributed by atoms with E-state index in [1.807, 2.05) is 6.92 Å². The molecule has 0 saturated carbocycles. The lowest BCUT2D eigenvalue weighted by molar-refractivity contribution is -0.146. The maximum atomic E-state index is 12.9. The highest BCUT2D eigenvalue weighted by atomic mass is 19.4. The van der Waals surface area contributed by atoms with Gasteiger partial charge in [0.05, 0.1) is 5.92 Å². The van der Waals surface area contributed by atoms with Crippen LogP contribution in [-0.4, -0.2) is 12.7 Å². The minimum atomic E-state index is -4.39. The highest BCUT2D eigenvalue weighted by molar-refractivity contribution is 5.22. The first-order valence-electron chi connectivity index (χ1n) is 4.85. The summed E-state index contributed by atoms with van der Waals surface area (Å²) in [4.78, 5) is 0. The minimum Gasteiger partial charge on any atom is -0.331 e. The van der Waals surface area contributed by atoms with Gasteiger partial charge in [-0.3, -0.25) is 0 Å². The molecule has 0 aliphatic rings. The van der Waals surface area contributed by atoms with Crippen molar-refractivity contribution in [3.63, 3.8) is 0 Å². The van der Waals surface area contributed by atoms with E-state index in [4.69, 9.17) is 5.73 Å². The van der Waals surface area contributed by atoms with Gasteiger partial charge < -0.3 is 5.73 Å². The molecule has 0 spiro atoms. The lowest BCUT2D eigenvalue weighted by Gasteiger charge is -2.16. The van der Waals surface area contributed by atoms with Gasteiger partial charge in [-0.1, -0.05) is 25.1 Å². The van der Waals surface area contributed by atoms with Crippen molar-refractivity contribution in [2.75, 3.05) is 6.54 Å². The molecule has 1 rings (SSSR count). The predicted molar refractivity (Wildman–Crippen MR) is 55.6 cm³/mol. The SMILES string of the molecule is CCN.C[C@@H](c1ccccc1F)C(F)(F)F. The van der Waals surface area contributed by atoms with E-state index in [1.54, 1.807) is 0 Å². The van der Waals surface area contributed by atoms with E-state index in [0.717, 1.165) is 25.6 Å². The molecule has 2 N–H and O–H groups in total. The molecule has 0 radical (unpaired) electrons. The van der Waals surface area contributed by atoms with Crippen LogP contribution in [0.1, 0.15) is 25.3 Å². The highest BCUT2D eigenvalue weighted by Gasteiger charge is 2.38. The number of halogens is 4. The molecular formula is C11H15F4N. The van der Waals surface area contributed by atoms with Gasteiger partial charge in [0.1, 0.15) is 5.82 Å². The van der Waals surface area contributed by atoms with E-state index in [-0.39, 0.29) is 5.56 Å². The predicted octanol–water partition coefficient (Wildman–Crippen LogP) is 3.46. The summed E-state index contributed by atoms with van der Waals surface area (Å²) in [5, 5.41) is 0. The van der Waals surface area contributed by atoms with E-state index < -0.39 is 17.9 Å². The average molecular weight is 237 g/mol. The summed E-state index contributed by atoms with van der Waals surface area (Å²) in [5.74, 6) is -2.57. The van der Waals surface area contributed by atoms with Gasteiger partial charge in [-0.05, 0) is 25.1 Å². The van der Waals surface area contributed by atoms with Crippen LogP contribution in [0.5, 0.6) is 0 Å². The number of hydrogen-bond acceptors (Lipinski definition) is 1. The fraction of sp³-hybridized carbons (Fsp3) is 0.455. The van der Waals surface area contributed by atoms with E-state index in [0.29, 0.717) is 0 Å². The second-order valence-electron chi connectivity index (χ2n) is 3.19. The van der Waals surface area contributed by atoms with Crippen LogP contribution in [-0.2, 0) is 0 Å². The summed E-state index contributed by atoms with van der Waals surface area (Å²) >= 11 is 0. The lowest BCUT2D eigenvalue weighted by atomic mass is 10.0. The third-order valence-electron chi connectivity index (χ3n) is 1.86. The van der Waals surface area contributed by atoms with Crippen molar-refractivity contribution in [2.24, 2.45) is 5.73 Å². The summed E-state index contributed by atoms with van der Waals surface area (Å²) in [5.41, 5.74) is 4.54. The van der Waals surface area contributed by atoms with Crippen LogP contribution < -0.4 is 5.73 Å². The average Bonchev–Trinajstić information content (AvgIpc) is 2.17. The molecular weight excluding hydrogens is 222 g/mol. The van der Waals surface area contributed by atoms with Gasteiger partial charge in [-0.25, -0.2) is 4.39 Å². The van der Waals surface area contributed by atoms with Gasteiger partial charge >= 0.3 is 6.18 Å². The molecule has 1 atom stereocenters. The van der Waals surface area contributed by atoms with Crippen LogP contribution in [0.3, 0.4) is 0 Å². The topological polar surface area (TPSA) is 26.0 Å². The van der Waals surface area contributed by atoms with Crippen molar-refractivity contribution >= 4 is 0 Å². The Morgan fingerprint density at radius 2 is 1.69 bits per heavy atom. The maximum absolute atomic E-state index is 12.9. The van der Waals surface area contributed by atoms with E-state index in [1.165, 1.54) is 12.1 Å². The molecule has 92 valence electrons. The second-order valence-corrected chi connectivity index (χ2v) is 3.19. The summed E-state index contributed by atoms with van der Waals surface area (Å²) in [6.45, 7) is 3.60. The third-order valence-corrected chi connectivity index (χ3v) is 1.86. The first-order valence-corrected chi connectivity index (χ1v) is 4.85. The number of hydrogen-bond donors (Lipinski definition) is 1. The highest BCUT2D eigenvalue weighted by Crippen LogP contribution is 2.35. The standard InChI is InChI=1S/C9H8F4.C2H7N/c1-6(9(11,12)13)7-4-2-3-5-8(7)10;1-2-3/h2-6H,1H3;2-3H2,1H3/t6-;/m0./s1. The Morgan fingerprint density at radius 3 is 2.06 bits per heavy atom. The van der Waals surface area contributed by atoms with Crippen molar-refractivity contribution < 1.29 is 17.6 Å². The van der Waals surface area contributed by atoms with Crippen LogP contribution in [0.25, 0.3) is 0 Å². The van der Waals surface area contributed by atoms with Crippen molar-refractivity contribution in [3.05, 3.63) is 35.6 Å². The van der Waals surface area contributed by atoms with E-state index in [9.17, 15) is 17.6 Å². The smallest absolute Gasteiger partial charge is 0.331 e. The molecule has 0 bridgehead atoms. The zero-order valence-electron chi connectivity index (χ0n) is 9.18. The quantitative estimate of drug-likeness (QED) is 0.744. The summed E-state index contributed by atoms with van der Waals surface area (Å²) in [6.07, 6.45) is -4.39. The van der Waals surface area contributed by atoms with Gasteiger partial charge in [0, 0.05) is 0 Å². The van der Waals surface area contributed by atoms with Gasteiger partial charge in [0.15, 0.2) is 0 Å². The first kappa shape index (κ1) is 14.9. The van der Waals surface area contributed by atoms with Crippen molar-refractivity contribution in [2.45, 2.75) is 25.9 Å². The maximum Gasteiger partial charge on any atom is 0.395 e. The molecule has 0 unspecified atom stereocenters. The second kappa shape index (κ2) is 6.48. The third kappa shape index (κ3) is 4.61. The molecule has 0 aromatic heterocycles.